The van der Waals surface area contributed by atoms with Crippen molar-refractivity contribution in [1.29, 1.82) is 0 Å². The fourth-order valence-corrected chi connectivity index (χ4v) is 2.71. The van der Waals surface area contributed by atoms with E-state index in [1.165, 1.54) is 24.3 Å². The molecule has 6 heteroatoms. The van der Waals surface area contributed by atoms with Crippen LogP contribution in [-0.4, -0.2) is 46.2 Å². The first kappa shape index (κ1) is 13.0. The van der Waals surface area contributed by atoms with Gasteiger partial charge in [-0.3, -0.25) is 9.00 Å². The number of rotatable bonds is 3. The molecule has 1 amide bonds. The second-order valence-electron chi connectivity index (χ2n) is 3.97. The Hall–Kier alpha value is -1.43. The minimum atomic E-state index is -0.796. The average molecular weight is 271 g/mol. The van der Waals surface area contributed by atoms with Gasteiger partial charge in [-0.25, -0.2) is 4.39 Å². The molecule has 0 N–H and O–H groups in total. The van der Waals surface area contributed by atoms with Crippen molar-refractivity contribution in [2.75, 3.05) is 31.2 Å². The Kier molecular flexibility index (Phi) is 4.30. The molecule has 4 nitrogen and oxygen atoms in total. The van der Waals surface area contributed by atoms with E-state index in [9.17, 15) is 13.4 Å². The van der Waals surface area contributed by atoms with E-state index in [4.69, 9.17) is 4.74 Å². The van der Waals surface area contributed by atoms with Crippen molar-refractivity contribution in [2.24, 2.45) is 0 Å². The van der Waals surface area contributed by atoms with Crippen LogP contribution < -0.4 is 4.74 Å². The van der Waals surface area contributed by atoms with Crippen molar-refractivity contribution in [3.05, 3.63) is 30.1 Å². The van der Waals surface area contributed by atoms with Crippen LogP contribution in [0.25, 0.3) is 0 Å². The van der Waals surface area contributed by atoms with Gasteiger partial charge in [-0.1, -0.05) is 0 Å². The summed E-state index contributed by atoms with van der Waals surface area (Å²) in [6.45, 7) is 0.953. The van der Waals surface area contributed by atoms with E-state index in [2.05, 4.69) is 0 Å². The highest BCUT2D eigenvalue weighted by molar-refractivity contribution is 7.85. The molecule has 18 heavy (non-hydrogen) atoms. The summed E-state index contributed by atoms with van der Waals surface area (Å²) in [5, 5.41) is 0. The SMILES string of the molecule is O=C(COc1ccc(F)cc1)N1CCS(=O)CC1. The van der Waals surface area contributed by atoms with E-state index in [1.54, 1.807) is 4.90 Å². The molecule has 98 valence electrons. The zero-order valence-corrected chi connectivity index (χ0v) is 10.6. The number of hydrogen-bond acceptors (Lipinski definition) is 3. The molecule has 0 saturated carbocycles. The van der Waals surface area contributed by atoms with Crippen LogP contribution in [0.2, 0.25) is 0 Å². The maximum Gasteiger partial charge on any atom is 0.260 e. The zero-order chi connectivity index (χ0) is 13.0. The quantitative estimate of drug-likeness (QED) is 0.817. The fourth-order valence-electron chi connectivity index (χ4n) is 1.65. The zero-order valence-electron chi connectivity index (χ0n) is 9.80. The second-order valence-corrected chi connectivity index (χ2v) is 5.67. The Labute approximate surface area is 107 Å². The maximum atomic E-state index is 12.7. The number of carbonyl (C=O) groups is 1. The van der Waals surface area contributed by atoms with Crippen LogP contribution in [-0.2, 0) is 15.6 Å². The molecule has 2 rings (SSSR count). The number of hydrogen-bond donors (Lipinski definition) is 0. The highest BCUT2D eigenvalue weighted by Gasteiger charge is 2.20. The fraction of sp³-hybridized carbons (Fsp3) is 0.417. The molecule has 0 spiro atoms. The maximum absolute atomic E-state index is 12.7. The number of amides is 1. The van der Waals surface area contributed by atoms with Crippen molar-refractivity contribution < 1.29 is 18.1 Å². The summed E-state index contributed by atoms with van der Waals surface area (Å²) in [5.74, 6) is 1.05. The van der Waals surface area contributed by atoms with Gasteiger partial charge in [0.15, 0.2) is 6.61 Å². The Morgan fingerprint density at radius 2 is 1.89 bits per heavy atom. The molecule has 0 unspecified atom stereocenters. The predicted octanol–water partition coefficient (Wildman–Crippen LogP) is 0.795. The topological polar surface area (TPSA) is 46.6 Å². The minimum absolute atomic E-state index is 0.0712. The Morgan fingerprint density at radius 3 is 2.50 bits per heavy atom. The molecule has 0 radical (unpaired) electrons. The molecule has 0 atom stereocenters. The first-order valence-electron chi connectivity index (χ1n) is 5.66. The molecule has 0 aromatic heterocycles. The van der Waals surface area contributed by atoms with Crippen LogP contribution >= 0.6 is 0 Å². The summed E-state index contributed by atoms with van der Waals surface area (Å²) in [6.07, 6.45) is 0. The summed E-state index contributed by atoms with van der Waals surface area (Å²) in [4.78, 5) is 13.4. The van der Waals surface area contributed by atoms with Gasteiger partial charge in [0, 0.05) is 35.4 Å². The number of nitrogens with zero attached hydrogens (tertiary/aromatic N) is 1. The van der Waals surface area contributed by atoms with Gasteiger partial charge in [0.05, 0.1) is 0 Å². The summed E-state index contributed by atoms with van der Waals surface area (Å²) in [7, 11) is -0.796. The minimum Gasteiger partial charge on any atom is -0.484 e. The Bertz CT molecular complexity index is 439. The van der Waals surface area contributed by atoms with Crippen LogP contribution in [0.1, 0.15) is 0 Å². The monoisotopic (exact) mass is 271 g/mol. The van der Waals surface area contributed by atoms with Gasteiger partial charge in [-0.2, -0.15) is 0 Å². The van der Waals surface area contributed by atoms with Crippen molar-refractivity contribution in [2.45, 2.75) is 0 Å². The molecule has 1 saturated heterocycles. The second kappa shape index (κ2) is 5.95. The number of ether oxygens (including phenoxy) is 1. The van der Waals surface area contributed by atoms with E-state index in [0.717, 1.165) is 0 Å². The summed E-state index contributed by atoms with van der Waals surface area (Å²) in [5.41, 5.74) is 0. The number of benzene rings is 1. The van der Waals surface area contributed by atoms with E-state index in [0.29, 0.717) is 30.3 Å². The molecular weight excluding hydrogens is 257 g/mol. The third-order valence-corrected chi connectivity index (χ3v) is 3.98. The average Bonchev–Trinajstić information content (AvgIpc) is 2.38. The lowest BCUT2D eigenvalue weighted by Gasteiger charge is -2.26. The molecule has 1 aliphatic rings. The molecule has 0 aliphatic carbocycles. The normalized spacial score (nSPS) is 16.6. The van der Waals surface area contributed by atoms with Crippen molar-refractivity contribution in [1.82, 2.24) is 4.90 Å². The lowest BCUT2D eigenvalue weighted by atomic mass is 10.3. The van der Waals surface area contributed by atoms with Crippen molar-refractivity contribution in [3.8, 4) is 5.75 Å². The highest BCUT2D eigenvalue weighted by Crippen LogP contribution is 2.11. The first-order valence-corrected chi connectivity index (χ1v) is 7.15. The van der Waals surface area contributed by atoms with E-state index >= 15 is 0 Å². The van der Waals surface area contributed by atoms with Gasteiger partial charge in [0.25, 0.3) is 5.91 Å². The highest BCUT2D eigenvalue weighted by atomic mass is 32.2. The van der Waals surface area contributed by atoms with Crippen LogP contribution in [0.4, 0.5) is 4.39 Å². The predicted molar refractivity (Wildman–Crippen MR) is 66.4 cm³/mol. The van der Waals surface area contributed by atoms with Crippen LogP contribution in [0.5, 0.6) is 5.75 Å². The Balaban J connectivity index is 1.81. The molecule has 1 heterocycles. The lowest BCUT2D eigenvalue weighted by molar-refractivity contribution is -0.133. The van der Waals surface area contributed by atoms with Gasteiger partial charge in [0.1, 0.15) is 11.6 Å². The third-order valence-electron chi connectivity index (χ3n) is 2.71. The molecule has 1 aliphatic heterocycles. The Morgan fingerprint density at radius 1 is 1.28 bits per heavy atom. The largest absolute Gasteiger partial charge is 0.484 e. The van der Waals surface area contributed by atoms with Gasteiger partial charge in [-0.15, -0.1) is 0 Å². The van der Waals surface area contributed by atoms with Crippen molar-refractivity contribution >= 4 is 16.7 Å². The van der Waals surface area contributed by atoms with E-state index in [-0.39, 0.29) is 18.3 Å². The number of halogens is 1. The standard InChI is InChI=1S/C12H14FNO3S/c13-10-1-3-11(4-2-10)17-9-12(15)14-5-7-18(16)8-6-14/h1-4H,5-9H2. The van der Waals surface area contributed by atoms with Crippen LogP contribution in [0, 0.1) is 5.82 Å². The van der Waals surface area contributed by atoms with Gasteiger partial charge in [-0.05, 0) is 24.3 Å². The van der Waals surface area contributed by atoms with Crippen molar-refractivity contribution in [3.63, 3.8) is 0 Å². The molecule has 1 aromatic carbocycles. The molecule has 1 aromatic rings. The molecule has 0 bridgehead atoms. The van der Waals surface area contributed by atoms with Crippen LogP contribution in [0.3, 0.4) is 0 Å². The van der Waals surface area contributed by atoms with Gasteiger partial charge in [0.2, 0.25) is 0 Å². The van der Waals surface area contributed by atoms with E-state index < -0.39 is 10.8 Å². The summed E-state index contributed by atoms with van der Waals surface area (Å²) in [6, 6.07) is 5.52. The lowest BCUT2D eigenvalue weighted by Crippen LogP contribution is -2.43. The van der Waals surface area contributed by atoms with E-state index in [1.807, 2.05) is 0 Å². The van der Waals surface area contributed by atoms with Gasteiger partial charge < -0.3 is 9.64 Å². The third kappa shape index (κ3) is 3.53. The number of carbonyl (C=O) groups excluding carboxylic acids is 1. The first-order chi connectivity index (χ1) is 8.65. The van der Waals surface area contributed by atoms with Gasteiger partial charge >= 0.3 is 0 Å². The molecular formula is C12H14FNO3S. The van der Waals surface area contributed by atoms with Crippen LogP contribution in [0.15, 0.2) is 24.3 Å². The summed E-state index contributed by atoms with van der Waals surface area (Å²) < 4.78 is 29.1. The summed E-state index contributed by atoms with van der Waals surface area (Å²) >= 11 is 0. The smallest absolute Gasteiger partial charge is 0.260 e. The molecule has 1 fully saturated rings.